The molecule has 59 heavy (non-hydrogen) atoms. The van der Waals surface area contributed by atoms with Gasteiger partial charge in [-0.3, -0.25) is 9.59 Å². The first kappa shape index (κ1) is 42.0. The third-order valence-corrected chi connectivity index (χ3v) is 12.6. The number of pyridine rings is 1. The van der Waals surface area contributed by atoms with Crippen LogP contribution in [0.2, 0.25) is 5.02 Å². The molecule has 1 aliphatic heterocycles. The zero-order valence-corrected chi connectivity index (χ0v) is 35.6. The third kappa shape index (κ3) is 8.77. The minimum atomic E-state index is -1.32. The predicted octanol–water partition coefficient (Wildman–Crippen LogP) is 6.26. The largest absolute Gasteiger partial charge is 0.488 e. The van der Waals surface area contributed by atoms with Gasteiger partial charge in [0.15, 0.2) is 11.7 Å². The third-order valence-electron chi connectivity index (χ3n) is 11.5. The number of nitrogens with zero attached hydrogens (tertiary/aromatic N) is 4. The van der Waals surface area contributed by atoms with E-state index in [0.717, 1.165) is 12.8 Å². The van der Waals surface area contributed by atoms with Crippen LogP contribution < -0.4 is 25.4 Å². The van der Waals surface area contributed by atoms with E-state index in [-0.39, 0.29) is 48.4 Å². The van der Waals surface area contributed by atoms with E-state index in [2.05, 4.69) is 22.5 Å². The fourth-order valence-corrected chi connectivity index (χ4v) is 9.39. The van der Waals surface area contributed by atoms with Crippen molar-refractivity contribution < 1.29 is 38.1 Å². The number of halogens is 1. The van der Waals surface area contributed by atoms with Crippen LogP contribution in [0, 0.1) is 34.5 Å². The molecule has 3 aliphatic carbocycles. The van der Waals surface area contributed by atoms with Gasteiger partial charge in [-0.1, -0.05) is 38.4 Å². The zero-order chi connectivity index (χ0) is 42.4. The number of likely N-dealkylation sites (tertiary alicyclic amines) is 1. The van der Waals surface area contributed by atoms with Crippen LogP contribution in [0.25, 0.3) is 22.3 Å². The van der Waals surface area contributed by atoms with Gasteiger partial charge >= 0.3 is 12.1 Å². The summed E-state index contributed by atoms with van der Waals surface area (Å²) in [4.78, 5) is 66.4. The van der Waals surface area contributed by atoms with Crippen LogP contribution in [0.1, 0.15) is 66.7 Å². The number of anilines is 1. The Morgan fingerprint density at radius 1 is 1.10 bits per heavy atom. The number of benzene rings is 1. The van der Waals surface area contributed by atoms with Crippen LogP contribution in [0.4, 0.5) is 9.93 Å². The maximum absolute atomic E-state index is 14.8. The molecule has 1 unspecified atom stereocenters. The quantitative estimate of drug-likeness (QED) is 0.122. The van der Waals surface area contributed by atoms with Gasteiger partial charge in [0.1, 0.15) is 58.1 Å². The predicted molar refractivity (Wildman–Crippen MR) is 221 cm³/mol. The Morgan fingerprint density at radius 2 is 1.85 bits per heavy atom. The number of amides is 3. The van der Waals surface area contributed by atoms with E-state index in [9.17, 15) is 19.2 Å². The van der Waals surface area contributed by atoms with E-state index >= 15 is 0 Å². The standard InChI is InChI=1S/C42H50ClN7O8S/c1-8-24-18-42(24,38(53)55-7)49-36(51)30-16-26(19-50(30)37(52)35(41(4,5)6)48-40(54)58-25-14-22-13-23(22)15-25)57-32-17-28(29-20-59-39(47-29)45-21(2)3)46-34-27(32)9-10-31(33(34)43)56-12-11-44/h8-10,17,20-26,30,35H,1,12-16,18-19H2,2-7H3,(H,45,47)(H,48,54)(H,49,51)/t22-,23+,24-,25+,26-,30?,35-,42-/m1/s1. The Kier molecular flexibility index (Phi) is 11.7. The normalized spacial score (nSPS) is 26.0. The van der Waals surface area contributed by atoms with Crippen molar-refractivity contribution >= 4 is 62.8 Å². The number of hydrogen-bond donors (Lipinski definition) is 3. The average molecular weight is 848 g/mol. The number of fused-ring (bicyclic) bond motifs is 2. The maximum atomic E-state index is 14.8. The van der Waals surface area contributed by atoms with Gasteiger partial charge in [0.25, 0.3) is 0 Å². The van der Waals surface area contributed by atoms with Crippen LogP contribution in [-0.2, 0) is 23.9 Å². The number of carbonyl (C=O) groups is 4. The first-order valence-corrected chi connectivity index (χ1v) is 21.1. The number of thiazole rings is 1. The molecule has 2 aromatic heterocycles. The molecule has 4 fully saturated rings. The summed E-state index contributed by atoms with van der Waals surface area (Å²) in [5.74, 6) is -0.243. The van der Waals surface area contributed by atoms with Crippen molar-refractivity contribution in [2.75, 3.05) is 25.6 Å². The van der Waals surface area contributed by atoms with Gasteiger partial charge in [-0.25, -0.2) is 19.6 Å². The number of aromatic nitrogens is 2. The van der Waals surface area contributed by atoms with Gasteiger partial charge in [0, 0.05) is 35.2 Å². The number of rotatable bonds is 14. The van der Waals surface area contributed by atoms with Crippen molar-refractivity contribution in [3.63, 3.8) is 0 Å². The van der Waals surface area contributed by atoms with Crippen molar-refractivity contribution in [2.24, 2.45) is 23.2 Å². The summed E-state index contributed by atoms with van der Waals surface area (Å²) in [6.45, 7) is 13.0. The topological polar surface area (TPSA) is 194 Å². The molecule has 4 aliphatic rings. The van der Waals surface area contributed by atoms with Crippen molar-refractivity contribution in [3.8, 4) is 29.0 Å². The Hall–Kier alpha value is -5.14. The van der Waals surface area contributed by atoms with Crippen LogP contribution in [0.5, 0.6) is 11.5 Å². The van der Waals surface area contributed by atoms with E-state index in [0.29, 0.717) is 51.4 Å². The van der Waals surface area contributed by atoms with E-state index in [1.54, 1.807) is 24.3 Å². The van der Waals surface area contributed by atoms with Crippen LogP contribution >= 0.6 is 22.9 Å². The molecule has 3 aromatic rings. The summed E-state index contributed by atoms with van der Waals surface area (Å²) in [7, 11) is 1.25. The van der Waals surface area contributed by atoms with Gasteiger partial charge in [0.05, 0.1) is 24.9 Å². The highest BCUT2D eigenvalue weighted by molar-refractivity contribution is 7.14. The molecule has 1 aromatic carbocycles. The lowest BCUT2D eigenvalue weighted by molar-refractivity contribution is -0.148. The summed E-state index contributed by atoms with van der Waals surface area (Å²) >= 11 is 8.27. The lowest BCUT2D eigenvalue weighted by Gasteiger charge is -2.35. The molecule has 7 rings (SSSR count). The first-order chi connectivity index (χ1) is 28.0. The molecule has 17 heteroatoms. The smallest absolute Gasteiger partial charge is 0.408 e. The second kappa shape index (κ2) is 16.5. The Balaban J connectivity index is 1.22. The fourth-order valence-electron chi connectivity index (χ4n) is 8.28. The SMILES string of the molecule is C=C[C@@H]1C[C@]1(NC(=O)C1C[C@@H](Oc2cc(-c3csc(NC(C)C)n3)nc3c(Cl)c(OCC#N)ccc23)CN1C(=O)[C@@H](NC(=O)O[C@@H]1C[C@@H]2C[C@@H]2C1)C(C)(C)C)C(=O)OC. The Bertz CT molecular complexity index is 2190. The number of nitriles is 1. The van der Waals surface area contributed by atoms with Crippen LogP contribution in [-0.4, -0.2) is 94.9 Å². The molecule has 0 spiro atoms. The molecule has 0 radical (unpaired) electrons. The number of carbonyl (C=O) groups excluding carboxylic acids is 4. The number of nitrogens with one attached hydrogen (secondary N) is 3. The molecule has 15 nitrogen and oxygen atoms in total. The lowest BCUT2D eigenvalue weighted by Crippen LogP contribution is -2.59. The van der Waals surface area contributed by atoms with E-state index in [1.807, 2.05) is 46.1 Å². The molecule has 3 N–H and O–H groups in total. The number of hydrogen-bond acceptors (Lipinski definition) is 13. The molecule has 8 atom stereocenters. The monoisotopic (exact) mass is 847 g/mol. The second-order valence-corrected chi connectivity index (χ2v) is 18.5. The summed E-state index contributed by atoms with van der Waals surface area (Å²) in [5.41, 5.74) is -0.774. The van der Waals surface area contributed by atoms with Crippen molar-refractivity contribution in [1.82, 2.24) is 25.5 Å². The maximum Gasteiger partial charge on any atom is 0.408 e. The molecule has 0 bridgehead atoms. The summed E-state index contributed by atoms with van der Waals surface area (Å²) in [6.07, 6.45) is 3.09. The minimum absolute atomic E-state index is 0.0369. The van der Waals surface area contributed by atoms with E-state index < -0.39 is 53.0 Å². The summed E-state index contributed by atoms with van der Waals surface area (Å²) in [6, 6.07) is 4.98. The molecule has 3 amide bonds. The second-order valence-electron chi connectivity index (χ2n) is 17.2. The van der Waals surface area contributed by atoms with Gasteiger partial charge in [-0.2, -0.15) is 5.26 Å². The van der Waals surface area contributed by atoms with Crippen LogP contribution in [0.15, 0.2) is 36.2 Å². The summed E-state index contributed by atoms with van der Waals surface area (Å²) in [5, 5.41) is 21.4. The van der Waals surface area contributed by atoms with Crippen molar-refractivity contribution in [2.45, 2.75) is 103 Å². The average Bonchev–Trinajstić information content (AvgIpc) is 3.85. The molecular formula is C42H50ClN7O8S. The fraction of sp³-hybridized carbons (Fsp3) is 0.548. The van der Waals surface area contributed by atoms with Gasteiger partial charge in [0.2, 0.25) is 11.8 Å². The lowest BCUT2D eigenvalue weighted by atomic mass is 9.85. The number of esters is 1. The Labute approximate surface area is 352 Å². The molecule has 3 heterocycles. The highest BCUT2D eigenvalue weighted by Gasteiger charge is 2.62. The molecule has 3 saturated carbocycles. The van der Waals surface area contributed by atoms with Gasteiger partial charge < -0.3 is 39.8 Å². The summed E-state index contributed by atoms with van der Waals surface area (Å²) < 4.78 is 23.2. The minimum Gasteiger partial charge on any atom is -0.488 e. The van der Waals surface area contributed by atoms with Gasteiger partial charge in [-0.15, -0.1) is 17.9 Å². The number of alkyl carbamates (subject to hydrolysis) is 1. The van der Waals surface area contributed by atoms with Crippen molar-refractivity contribution in [1.29, 1.82) is 5.26 Å². The van der Waals surface area contributed by atoms with E-state index in [1.165, 1.54) is 29.8 Å². The van der Waals surface area contributed by atoms with Crippen molar-refractivity contribution in [3.05, 3.63) is 41.3 Å². The van der Waals surface area contributed by atoms with Crippen LogP contribution in [0.3, 0.4) is 0 Å². The van der Waals surface area contributed by atoms with E-state index in [4.69, 9.17) is 45.8 Å². The highest BCUT2D eigenvalue weighted by atomic mass is 35.5. The zero-order valence-electron chi connectivity index (χ0n) is 34.0. The van der Waals surface area contributed by atoms with Gasteiger partial charge in [-0.05, 0) is 68.9 Å². The molecule has 1 saturated heterocycles. The first-order valence-electron chi connectivity index (χ1n) is 19.9. The molecular weight excluding hydrogens is 798 g/mol. The number of methoxy groups -OCH3 is 1. The number of ether oxygens (including phenoxy) is 4. The molecule has 314 valence electrons. The Morgan fingerprint density at radius 3 is 2.49 bits per heavy atom. The highest BCUT2D eigenvalue weighted by Crippen LogP contribution is 2.52.